The summed E-state index contributed by atoms with van der Waals surface area (Å²) in [6.45, 7) is 7.31. The second kappa shape index (κ2) is 12.4. The van der Waals surface area contributed by atoms with Crippen LogP contribution in [0, 0.1) is 0 Å². The molecule has 248 valence electrons. The van der Waals surface area contributed by atoms with Gasteiger partial charge in [-0.05, 0) is 64.8 Å². The van der Waals surface area contributed by atoms with Crippen molar-refractivity contribution < 1.29 is 45.4 Å². The van der Waals surface area contributed by atoms with Crippen molar-refractivity contribution in [1.29, 1.82) is 0 Å². The molecule has 6 rings (SSSR count). The second-order valence-electron chi connectivity index (χ2n) is 11.6. The van der Waals surface area contributed by atoms with E-state index in [4.69, 9.17) is 9.47 Å². The average molecular weight is 655 g/mol. The predicted molar refractivity (Wildman–Crippen MR) is 157 cm³/mol. The van der Waals surface area contributed by atoms with Crippen LogP contribution in [-0.4, -0.2) is 61.0 Å². The summed E-state index contributed by atoms with van der Waals surface area (Å²) in [5.41, 5.74) is 4.21. The Kier molecular flexibility index (Phi) is 8.84. The van der Waals surface area contributed by atoms with Gasteiger partial charge in [-0.25, -0.2) is 20.4 Å². The van der Waals surface area contributed by atoms with Crippen molar-refractivity contribution in [2.24, 2.45) is 10.2 Å². The van der Waals surface area contributed by atoms with E-state index in [0.717, 1.165) is 25.0 Å². The first-order valence-corrected chi connectivity index (χ1v) is 14.5. The Bertz CT molecular complexity index is 1440. The summed E-state index contributed by atoms with van der Waals surface area (Å²) in [7, 11) is 0. The van der Waals surface area contributed by atoms with Crippen molar-refractivity contribution in [1.82, 2.24) is 10.9 Å². The van der Waals surface area contributed by atoms with E-state index in [1.165, 1.54) is 12.1 Å². The van der Waals surface area contributed by atoms with Crippen LogP contribution >= 0.6 is 0 Å². The number of anilines is 2. The highest BCUT2D eigenvalue weighted by atomic mass is 19.4. The maximum Gasteiger partial charge on any atom is 0.428 e. The van der Waals surface area contributed by atoms with Gasteiger partial charge >= 0.3 is 24.5 Å². The summed E-state index contributed by atoms with van der Waals surface area (Å²) in [4.78, 5) is 25.3. The molecule has 0 saturated carbocycles. The van der Waals surface area contributed by atoms with Gasteiger partial charge in [0.15, 0.2) is 0 Å². The van der Waals surface area contributed by atoms with Crippen LogP contribution in [0.4, 0.5) is 47.3 Å². The number of halogens is 6. The van der Waals surface area contributed by atoms with Crippen LogP contribution < -0.4 is 20.7 Å². The minimum atomic E-state index is -4.47. The van der Waals surface area contributed by atoms with Crippen molar-refractivity contribution in [2.75, 3.05) is 23.0 Å². The summed E-state index contributed by atoms with van der Waals surface area (Å²) in [6.07, 6.45) is -8.65. The van der Waals surface area contributed by atoms with Gasteiger partial charge in [-0.2, -0.15) is 36.5 Å². The Morgan fingerprint density at radius 2 is 1.00 bits per heavy atom. The number of benzene rings is 2. The van der Waals surface area contributed by atoms with E-state index in [0.29, 0.717) is 0 Å². The number of alkyl halides is 6. The Morgan fingerprint density at radius 1 is 0.652 bits per heavy atom. The van der Waals surface area contributed by atoms with Crippen LogP contribution in [0.1, 0.15) is 62.8 Å². The van der Waals surface area contributed by atoms with Gasteiger partial charge < -0.3 is 19.3 Å². The molecule has 0 unspecified atom stereocenters. The molecule has 2 aromatic rings. The van der Waals surface area contributed by atoms with Crippen molar-refractivity contribution >= 4 is 35.0 Å². The van der Waals surface area contributed by atoms with E-state index < -0.39 is 35.7 Å². The number of nitrogens with one attached hydrogen (secondary N) is 2. The molecule has 2 fully saturated rings. The van der Waals surface area contributed by atoms with Crippen LogP contribution in [0.3, 0.4) is 0 Å². The first-order chi connectivity index (χ1) is 21.5. The van der Waals surface area contributed by atoms with Gasteiger partial charge in [0, 0.05) is 46.7 Å². The number of carbonyl (C=O) groups excluding carboxylic acids is 2. The summed E-state index contributed by atoms with van der Waals surface area (Å²) >= 11 is 0. The predicted octanol–water partition coefficient (Wildman–Crippen LogP) is 6.27. The molecule has 46 heavy (non-hydrogen) atoms. The normalized spacial score (nSPS) is 24.5. The number of nitrogens with zero attached hydrogens (tertiary/aromatic N) is 4. The van der Waals surface area contributed by atoms with Crippen LogP contribution in [0.5, 0.6) is 0 Å². The molecule has 16 heteroatoms. The zero-order valence-electron chi connectivity index (χ0n) is 25.3. The van der Waals surface area contributed by atoms with E-state index in [2.05, 4.69) is 21.1 Å². The SMILES string of the molecule is C[C@@H]1C[C@H](C)N1c1ccc(C2=NNC(=O)OC2)cc1C(F)(F)F.C[C@H]1C[C@H](C)N1c1ccc(C2=NNC(=O)OC2)cc1C(F)(F)F. The number of hydrazone groups is 2. The van der Waals surface area contributed by atoms with Gasteiger partial charge in [0.05, 0.1) is 11.1 Å². The van der Waals surface area contributed by atoms with Crippen LogP contribution in [0.2, 0.25) is 0 Å². The molecule has 0 bridgehead atoms. The lowest BCUT2D eigenvalue weighted by atomic mass is 9.92. The molecule has 4 atom stereocenters. The molecule has 2 N–H and O–H groups in total. The highest BCUT2D eigenvalue weighted by Gasteiger charge is 2.42. The number of ether oxygens (including phenoxy) is 2. The summed E-state index contributed by atoms with van der Waals surface area (Å²) in [6, 6.07) is 8.49. The second-order valence-corrected chi connectivity index (χ2v) is 11.6. The van der Waals surface area contributed by atoms with Gasteiger partial charge in [0.2, 0.25) is 0 Å². The van der Waals surface area contributed by atoms with Crippen molar-refractivity contribution in [3.8, 4) is 0 Å². The first-order valence-electron chi connectivity index (χ1n) is 14.5. The fraction of sp³-hybridized carbons (Fsp3) is 0.467. The van der Waals surface area contributed by atoms with Gasteiger partial charge in [-0.1, -0.05) is 12.1 Å². The number of hydrogen-bond donors (Lipinski definition) is 2. The largest absolute Gasteiger partial charge is 0.442 e. The van der Waals surface area contributed by atoms with Crippen LogP contribution in [0.25, 0.3) is 0 Å². The number of rotatable bonds is 4. The van der Waals surface area contributed by atoms with Gasteiger partial charge in [0.1, 0.15) is 24.6 Å². The zero-order chi connectivity index (χ0) is 33.6. The van der Waals surface area contributed by atoms with Crippen molar-refractivity contribution in [2.45, 2.75) is 77.1 Å². The first kappa shape index (κ1) is 32.9. The average Bonchev–Trinajstić information content (AvgIpc) is 2.97. The third kappa shape index (κ3) is 6.70. The van der Waals surface area contributed by atoms with Crippen molar-refractivity contribution in [3.63, 3.8) is 0 Å². The Hall–Kier alpha value is -4.50. The molecule has 2 amide bonds. The van der Waals surface area contributed by atoms with Crippen molar-refractivity contribution in [3.05, 3.63) is 58.7 Å². The maximum absolute atomic E-state index is 13.5. The van der Waals surface area contributed by atoms with Crippen LogP contribution in [-0.2, 0) is 21.8 Å². The highest BCUT2D eigenvalue weighted by molar-refractivity contribution is 6.04. The van der Waals surface area contributed by atoms with Gasteiger partial charge in [-0.3, -0.25) is 0 Å². The zero-order valence-corrected chi connectivity index (χ0v) is 25.3. The lowest BCUT2D eigenvalue weighted by molar-refractivity contribution is -0.138. The number of amides is 2. The Labute approximate surface area is 260 Å². The molecule has 0 spiro atoms. The van der Waals surface area contributed by atoms with Gasteiger partial charge in [-0.15, -0.1) is 0 Å². The Morgan fingerprint density at radius 3 is 1.26 bits per heavy atom. The maximum atomic E-state index is 13.5. The quantitative estimate of drug-likeness (QED) is 0.377. The smallest absolute Gasteiger partial charge is 0.428 e. The minimum Gasteiger partial charge on any atom is -0.442 e. The van der Waals surface area contributed by atoms with E-state index in [1.807, 2.05) is 27.7 Å². The fourth-order valence-corrected chi connectivity index (χ4v) is 6.24. The molecular formula is C30H32F6N6O4. The van der Waals surface area contributed by atoms with Gasteiger partial charge in [0.25, 0.3) is 0 Å². The van der Waals surface area contributed by atoms with E-state index in [-0.39, 0.29) is 71.3 Å². The molecule has 4 aliphatic rings. The third-order valence-electron chi connectivity index (χ3n) is 8.33. The minimum absolute atomic E-state index is 0.0755. The lowest BCUT2D eigenvalue weighted by Gasteiger charge is -2.48. The lowest BCUT2D eigenvalue weighted by Crippen LogP contribution is -2.53. The summed E-state index contributed by atoms with van der Waals surface area (Å²) in [5, 5.41) is 7.51. The fourth-order valence-electron chi connectivity index (χ4n) is 6.24. The molecule has 0 aliphatic carbocycles. The molecule has 2 aromatic carbocycles. The van der Waals surface area contributed by atoms with E-state index >= 15 is 0 Å². The van der Waals surface area contributed by atoms with E-state index in [1.54, 1.807) is 21.9 Å². The van der Waals surface area contributed by atoms with E-state index in [9.17, 15) is 35.9 Å². The molecule has 4 heterocycles. The molecule has 10 nitrogen and oxygen atoms in total. The molecule has 0 radical (unpaired) electrons. The Balaban J connectivity index is 0.000000181. The topological polar surface area (TPSA) is 108 Å². The van der Waals surface area contributed by atoms with Crippen LogP contribution in [0.15, 0.2) is 46.6 Å². The highest BCUT2D eigenvalue weighted by Crippen LogP contribution is 2.43. The molecule has 0 aromatic heterocycles. The molecular weight excluding hydrogens is 622 g/mol. The number of carbonyl (C=O) groups is 2. The number of cyclic esters (lactones) is 2. The number of hydrogen-bond acceptors (Lipinski definition) is 8. The monoisotopic (exact) mass is 654 g/mol. The summed E-state index contributed by atoms with van der Waals surface area (Å²) < 4.78 is 90.3. The third-order valence-corrected chi connectivity index (χ3v) is 8.33. The molecule has 2 saturated heterocycles. The summed E-state index contributed by atoms with van der Waals surface area (Å²) in [5.74, 6) is 0. The molecule has 4 aliphatic heterocycles. The standard InChI is InChI=1S/2C15H16F3N3O2/c2*1-8-5-9(2)21(8)13-4-3-10(6-11(13)15(16,17)18)12-7-23-14(22)20-19-12/h2*3-4,6,8-9H,5,7H2,1-2H3,(H,20,22)/t8-,9+;8-,9-/m.0/s1.